The summed E-state index contributed by atoms with van der Waals surface area (Å²) in [6, 6.07) is 1.58. The van der Waals surface area contributed by atoms with Crippen LogP contribution < -0.4 is 0 Å². The number of rotatable bonds is 6. The van der Waals surface area contributed by atoms with Crippen LogP contribution in [0.15, 0.2) is 17.0 Å². The molecular weight excluding hydrogens is 299 g/mol. The third-order valence-corrected chi connectivity index (χ3v) is 4.52. The zero-order chi connectivity index (χ0) is 14.6. The molecule has 0 amide bonds. The van der Waals surface area contributed by atoms with E-state index in [-0.39, 0.29) is 18.8 Å². The van der Waals surface area contributed by atoms with Gasteiger partial charge in [-0.3, -0.25) is 0 Å². The fourth-order valence-corrected chi connectivity index (χ4v) is 2.91. The summed E-state index contributed by atoms with van der Waals surface area (Å²) >= 11 is 5.47. The summed E-state index contributed by atoms with van der Waals surface area (Å²) < 4.78 is 41.9. The minimum absolute atomic E-state index is 0.228. The Hall–Kier alpha value is -1.18. The van der Waals surface area contributed by atoms with Crippen LogP contribution in [-0.2, 0) is 14.6 Å². The van der Waals surface area contributed by atoms with Crippen molar-refractivity contribution in [3.05, 3.63) is 28.5 Å². The number of methoxy groups -OCH3 is 1. The average Bonchev–Trinajstić information content (AvgIpc) is 2.32. The van der Waals surface area contributed by atoms with Crippen LogP contribution in [0.2, 0.25) is 5.02 Å². The Morgan fingerprint density at radius 2 is 2.11 bits per heavy atom. The van der Waals surface area contributed by atoms with Gasteiger partial charge in [0, 0.05) is 13.7 Å². The summed E-state index contributed by atoms with van der Waals surface area (Å²) in [5, 5.41) is 8.22. The summed E-state index contributed by atoms with van der Waals surface area (Å²) in [5.41, 5.74) is -0.577. The Labute approximate surface area is 114 Å². The monoisotopic (exact) mass is 310 g/mol. The molecule has 0 spiro atoms. The number of aromatic carboxylic acids is 1. The molecule has 0 aliphatic carbocycles. The van der Waals surface area contributed by atoms with E-state index in [1.54, 1.807) is 0 Å². The number of halogens is 2. The molecule has 0 radical (unpaired) electrons. The maximum Gasteiger partial charge on any atom is 0.337 e. The predicted octanol–water partition coefficient (Wildman–Crippen LogP) is 1.99. The predicted molar refractivity (Wildman–Crippen MR) is 66.9 cm³/mol. The van der Waals surface area contributed by atoms with Crippen molar-refractivity contribution in [2.45, 2.75) is 11.3 Å². The van der Waals surface area contributed by atoms with Gasteiger partial charge in [-0.2, -0.15) is 0 Å². The molecule has 0 unspecified atom stereocenters. The first-order valence-electron chi connectivity index (χ1n) is 5.23. The molecule has 8 heteroatoms. The number of ether oxygens (including phenoxy) is 1. The maximum atomic E-state index is 13.4. The number of carboxylic acids is 1. The largest absolute Gasteiger partial charge is 0.478 e. The molecule has 0 saturated heterocycles. The zero-order valence-electron chi connectivity index (χ0n) is 10.0. The lowest BCUT2D eigenvalue weighted by Crippen LogP contribution is -2.11. The Bertz CT molecular complexity index is 585. The molecule has 0 atom stereocenters. The summed E-state index contributed by atoms with van der Waals surface area (Å²) in [6.07, 6.45) is 0.228. The van der Waals surface area contributed by atoms with Crippen LogP contribution in [0.5, 0.6) is 0 Å². The van der Waals surface area contributed by atoms with Crippen LogP contribution in [0.25, 0.3) is 0 Å². The fraction of sp³-hybridized carbons (Fsp3) is 0.364. The molecule has 1 aromatic rings. The number of carbonyl (C=O) groups is 1. The molecule has 0 aliphatic rings. The smallest absolute Gasteiger partial charge is 0.337 e. The lowest BCUT2D eigenvalue weighted by molar-refractivity contribution is 0.0696. The van der Waals surface area contributed by atoms with E-state index in [9.17, 15) is 17.6 Å². The lowest BCUT2D eigenvalue weighted by Gasteiger charge is -2.07. The van der Waals surface area contributed by atoms with Crippen molar-refractivity contribution in [1.29, 1.82) is 0 Å². The summed E-state index contributed by atoms with van der Waals surface area (Å²) in [4.78, 5) is 10.4. The first-order valence-corrected chi connectivity index (χ1v) is 7.26. The molecule has 0 saturated carbocycles. The van der Waals surface area contributed by atoms with Crippen molar-refractivity contribution >= 4 is 27.4 Å². The number of sulfone groups is 1. The van der Waals surface area contributed by atoms with Gasteiger partial charge in [-0.15, -0.1) is 0 Å². The number of hydrogen-bond donors (Lipinski definition) is 1. The minimum atomic E-state index is -3.77. The van der Waals surface area contributed by atoms with E-state index in [0.717, 1.165) is 12.1 Å². The van der Waals surface area contributed by atoms with E-state index < -0.39 is 37.1 Å². The molecule has 19 heavy (non-hydrogen) atoms. The van der Waals surface area contributed by atoms with E-state index in [4.69, 9.17) is 21.4 Å². The van der Waals surface area contributed by atoms with Crippen molar-refractivity contribution in [3.8, 4) is 0 Å². The van der Waals surface area contributed by atoms with Gasteiger partial charge in [0.2, 0.25) is 0 Å². The topological polar surface area (TPSA) is 80.7 Å². The Morgan fingerprint density at radius 1 is 1.47 bits per heavy atom. The van der Waals surface area contributed by atoms with Crippen molar-refractivity contribution in [1.82, 2.24) is 0 Å². The Kier molecular flexibility index (Phi) is 5.28. The SMILES string of the molecule is COCCCS(=O)(=O)c1cc(F)c(Cl)c(C(=O)O)c1. The van der Waals surface area contributed by atoms with E-state index in [1.807, 2.05) is 0 Å². The third kappa shape index (κ3) is 3.89. The molecule has 1 N–H and O–H groups in total. The van der Waals surface area contributed by atoms with E-state index >= 15 is 0 Å². The molecular formula is C11H12ClFO5S. The van der Waals surface area contributed by atoms with E-state index in [2.05, 4.69) is 0 Å². The van der Waals surface area contributed by atoms with Crippen molar-refractivity contribution in [2.24, 2.45) is 0 Å². The van der Waals surface area contributed by atoms with Crippen LogP contribution in [-0.4, -0.2) is 39.0 Å². The van der Waals surface area contributed by atoms with Crippen LogP contribution >= 0.6 is 11.6 Å². The maximum absolute atomic E-state index is 13.4. The first kappa shape index (κ1) is 15.9. The van der Waals surface area contributed by atoms with Crippen molar-refractivity contribution < 1.29 is 27.4 Å². The van der Waals surface area contributed by atoms with Crippen LogP contribution in [0, 0.1) is 5.82 Å². The molecule has 1 rings (SSSR count). The number of hydrogen-bond acceptors (Lipinski definition) is 4. The first-order chi connectivity index (χ1) is 8.79. The standard InChI is InChI=1S/C11H12ClFO5S/c1-18-3-2-4-19(16,17)7-5-8(11(14)15)10(12)9(13)6-7/h5-6H,2-4H2,1H3,(H,14,15). The lowest BCUT2D eigenvalue weighted by atomic mass is 10.2. The zero-order valence-corrected chi connectivity index (χ0v) is 11.6. The highest BCUT2D eigenvalue weighted by Crippen LogP contribution is 2.25. The Morgan fingerprint density at radius 3 is 2.63 bits per heavy atom. The average molecular weight is 311 g/mol. The van der Waals surface area contributed by atoms with Crippen molar-refractivity contribution in [3.63, 3.8) is 0 Å². The minimum Gasteiger partial charge on any atom is -0.478 e. The highest BCUT2D eigenvalue weighted by Gasteiger charge is 2.21. The number of carboxylic acid groups (broad SMARTS) is 1. The van der Waals surface area contributed by atoms with Gasteiger partial charge in [-0.05, 0) is 18.6 Å². The van der Waals surface area contributed by atoms with Gasteiger partial charge < -0.3 is 9.84 Å². The van der Waals surface area contributed by atoms with Gasteiger partial charge in [-0.1, -0.05) is 11.6 Å². The molecule has 106 valence electrons. The molecule has 0 bridgehead atoms. The van der Waals surface area contributed by atoms with E-state index in [1.165, 1.54) is 7.11 Å². The molecule has 0 aromatic heterocycles. The highest BCUT2D eigenvalue weighted by atomic mass is 35.5. The summed E-state index contributed by atoms with van der Waals surface area (Å²) in [6.45, 7) is 0.237. The van der Waals surface area contributed by atoms with Gasteiger partial charge in [-0.25, -0.2) is 17.6 Å². The molecule has 1 aromatic carbocycles. The summed E-state index contributed by atoms with van der Waals surface area (Å²) in [7, 11) is -2.34. The quantitative estimate of drug-likeness (QED) is 0.813. The van der Waals surface area contributed by atoms with Gasteiger partial charge in [0.05, 0.1) is 21.2 Å². The molecule has 0 heterocycles. The fourth-order valence-electron chi connectivity index (χ4n) is 1.41. The van der Waals surface area contributed by atoms with Crippen LogP contribution in [0.4, 0.5) is 4.39 Å². The summed E-state index contributed by atoms with van der Waals surface area (Å²) in [5.74, 6) is -2.83. The molecule has 0 fully saturated rings. The second-order valence-corrected chi connectivity index (χ2v) is 6.22. The van der Waals surface area contributed by atoms with Gasteiger partial charge in [0.25, 0.3) is 0 Å². The normalized spacial score (nSPS) is 11.5. The van der Waals surface area contributed by atoms with Crippen molar-refractivity contribution in [2.75, 3.05) is 19.5 Å². The van der Waals surface area contributed by atoms with E-state index in [0.29, 0.717) is 0 Å². The van der Waals surface area contributed by atoms with Gasteiger partial charge in [0.15, 0.2) is 9.84 Å². The second-order valence-electron chi connectivity index (χ2n) is 3.74. The number of benzene rings is 1. The molecule has 0 aliphatic heterocycles. The van der Waals surface area contributed by atoms with Crippen LogP contribution in [0.3, 0.4) is 0 Å². The second kappa shape index (κ2) is 6.31. The Balaban J connectivity index is 3.17. The highest BCUT2D eigenvalue weighted by molar-refractivity contribution is 7.91. The van der Waals surface area contributed by atoms with Gasteiger partial charge >= 0.3 is 5.97 Å². The third-order valence-electron chi connectivity index (χ3n) is 2.35. The van der Waals surface area contributed by atoms with Crippen LogP contribution in [0.1, 0.15) is 16.8 Å². The van der Waals surface area contributed by atoms with Gasteiger partial charge in [0.1, 0.15) is 5.82 Å². The molecule has 5 nitrogen and oxygen atoms in total.